The van der Waals surface area contributed by atoms with Crippen LogP contribution in [-0.2, 0) is 19.2 Å². The summed E-state index contributed by atoms with van der Waals surface area (Å²) in [6.07, 6.45) is 27.2. The van der Waals surface area contributed by atoms with Gasteiger partial charge in [0.15, 0.2) is 0 Å². The Morgan fingerprint density at radius 3 is 1.13 bits per heavy atom. The molecule has 12 nitrogen and oxygen atoms in total. The minimum atomic E-state index is -1.02. The summed E-state index contributed by atoms with van der Waals surface area (Å²) in [6.45, 7) is 4.48. The molecule has 6 rings (SSSR count). The minimum absolute atomic E-state index is 0.0904. The van der Waals surface area contributed by atoms with Crippen molar-refractivity contribution in [3.05, 3.63) is 105 Å². The van der Waals surface area contributed by atoms with Crippen LogP contribution < -0.4 is 31.5 Å². The number of anilines is 4. The first-order valence-corrected chi connectivity index (χ1v) is 29.0. The summed E-state index contributed by atoms with van der Waals surface area (Å²) in [5, 5.41) is 9.68. The van der Waals surface area contributed by atoms with E-state index in [0.29, 0.717) is 57.0 Å². The number of benzene rings is 4. The van der Waals surface area contributed by atoms with E-state index in [9.17, 15) is 19.2 Å². The first-order chi connectivity index (χ1) is 36.5. The van der Waals surface area contributed by atoms with Gasteiger partial charge in [0.25, 0.3) is 11.8 Å². The Morgan fingerprint density at radius 1 is 0.467 bits per heavy atom. The van der Waals surface area contributed by atoms with Gasteiger partial charge in [0.05, 0.1) is 42.8 Å². The molecule has 2 aliphatic rings. The summed E-state index contributed by atoms with van der Waals surface area (Å²) >= 11 is 27.0. The molecule has 2 unspecified atom stereocenters. The lowest BCUT2D eigenvalue weighted by atomic mass is 9.92. The normalized spacial score (nSPS) is 16.5. The Labute approximate surface area is 465 Å². The number of amidine groups is 2. The van der Waals surface area contributed by atoms with Gasteiger partial charge in [-0.3, -0.25) is 30.0 Å². The molecule has 0 aliphatic carbocycles. The summed E-state index contributed by atoms with van der Waals surface area (Å²) in [7, 11) is 0. The zero-order chi connectivity index (χ0) is 53.4. The third-order valence-corrected chi connectivity index (χ3v) is 15.0. The van der Waals surface area contributed by atoms with Crippen molar-refractivity contribution in [2.24, 2.45) is 21.8 Å². The van der Waals surface area contributed by atoms with E-state index >= 15 is 0 Å². The van der Waals surface area contributed by atoms with Gasteiger partial charge < -0.3 is 10.6 Å². The number of unbranched alkanes of at least 4 members (excludes halogenated alkanes) is 20. The van der Waals surface area contributed by atoms with Crippen molar-refractivity contribution in [1.82, 2.24) is 10.9 Å². The van der Waals surface area contributed by atoms with Crippen LogP contribution in [0.1, 0.15) is 174 Å². The maximum atomic E-state index is 14.6. The van der Waals surface area contributed by atoms with E-state index in [-0.39, 0.29) is 40.0 Å². The van der Waals surface area contributed by atoms with E-state index in [1.807, 2.05) is 0 Å². The summed E-state index contributed by atoms with van der Waals surface area (Å²) in [5.74, 6) is -2.64. The maximum Gasteiger partial charge on any atom is 0.256 e. The highest BCUT2D eigenvalue weighted by molar-refractivity contribution is 6.36. The average molecular weight is 1100 g/mol. The predicted molar refractivity (Wildman–Crippen MR) is 312 cm³/mol. The maximum absolute atomic E-state index is 14.6. The zero-order valence-electron chi connectivity index (χ0n) is 43.8. The monoisotopic (exact) mass is 1100 g/mol. The van der Waals surface area contributed by atoms with E-state index in [0.717, 1.165) is 38.5 Å². The van der Waals surface area contributed by atoms with E-state index in [1.54, 1.807) is 84.9 Å². The molecule has 0 aromatic heterocycles. The molecule has 4 amide bonds. The third-order valence-electron chi connectivity index (χ3n) is 13.8. The predicted octanol–water partition coefficient (Wildman–Crippen LogP) is 17.1. The first-order valence-electron chi connectivity index (χ1n) is 27.5. The summed E-state index contributed by atoms with van der Waals surface area (Å²) in [5.41, 5.74) is 8.81. The van der Waals surface area contributed by atoms with Gasteiger partial charge in [0.2, 0.25) is 11.8 Å². The van der Waals surface area contributed by atoms with E-state index in [1.165, 1.54) is 113 Å². The Kier molecular flexibility index (Phi) is 25.1. The van der Waals surface area contributed by atoms with Gasteiger partial charge in [-0.15, -0.1) is 0 Å². The van der Waals surface area contributed by atoms with Crippen molar-refractivity contribution in [2.75, 3.05) is 20.7 Å². The van der Waals surface area contributed by atoms with Crippen LogP contribution in [0, 0.1) is 11.8 Å². The number of hydrazine groups is 2. The Bertz CT molecular complexity index is 2400. The molecule has 4 N–H and O–H groups in total. The van der Waals surface area contributed by atoms with Crippen molar-refractivity contribution in [3.63, 3.8) is 0 Å². The van der Waals surface area contributed by atoms with Crippen LogP contribution in [0.2, 0.25) is 20.1 Å². The third kappa shape index (κ3) is 18.5. The van der Waals surface area contributed by atoms with Gasteiger partial charge in [-0.25, -0.2) is 20.0 Å². The second-order valence-corrected chi connectivity index (χ2v) is 21.4. The van der Waals surface area contributed by atoms with Gasteiger partial charge in [0, 0.05) is 24.2 Å². The highest BCUT2D eigenvalue weighted by Crippen LogP contribution is 2.38. The van der Waals surface area contributed by atoms with Gasteiger partial charge in [-0.1, -0.05) is 213 Å². The molecular weight excluding hydrogens is 1030 g/mol. The fraction of sp³-hybridized carbons (Fsp3) is 0.492. The summed E-state index contributed by atoms with van der Waals surface area (Å²) in [6, 6.07) is 23.9. The van der Waals surface area contributed by atoms with Gasteiger partial charge in [0.1, 0.15) is 23.5 Å². The highest BCUT2D eigenvalue weighted by Gasteiger charge is 2.47. The molecule has 2 aliphatic heterocycles. The van der Waals surface area contributed by atoms with Gasteiger partial charge in [-0.2, -0.15) is 0 Å². The number of carbonyl (C=O) groups excluding carboxylic acids is 4. The zero-order valence-corrected chi connectivity index (χ0v) is 46.9. The second kappa shape index (κ2) is 31.8. The van der Waals surface area contributed by atoms with Crippen molar-refractivity contribution in [1.29, 1.82) is 0 Å². The Morgan fingerprint density at radius 2 is 0.800 bits per heavy atom. The van der Waals surface area contributed by atoms with Crippen molar-refractivity contribution < 1.29 is 19.2 Å². The van der Waals surface area contributed by atoms with Gasteiger partial charge >= 0.3 is 0 Å². The molecule has 4 aromatic rings. The molecule has 0 saturated carbocycles. The molecule has 2 atom stereocenters. The summed E-state index contributed by atoms with van der Waals surface area (Å²) in [4.78, 5) is 64.9. The molecule has 0 radical (unpaired) electrons. The smallest absolute Gasteiger partial charge is 0.256 e. The lowest BCUT2D eigenvalue weighted by Gasteiger charge is -2.18. The molecule has 0 bridgehead atoms. The fourth-order valence-electron chi connectivity index (χ4n) is 9.49. The molecule has 2 fully saturated rings. The fourth-order valence-corrected chi connectivity index (χ4v) is 10.4. The average Bonchev–Trinajstić information content (AvgIpc) is 3.87. The largest absolute Gasteiger partial charge is 0.326 e. The van der Waals surface area contributed by atoms with Crippen LogP contribution in [0.5, 0.6) is 0 Å². The standard InChI is InChI=1S/C59H76Cl4N8O4/c1-3-5-7-9-11-13-15-17-19-21-23-33-54(72)64-42-35-37-50(48(62)39-42)66-56-44(58(74)70(68-56)52-31-27-25-29-46(52)60)41-45-57(69-71(59(45)75)53-32-28-26-30-47(53)61)67-51-38-36-43(40-49(51)63)65-55(73)34-24-22-20-18-16-14-12-10-8-6-4-2/h25-32,35-40,44-45H,3-24,33-34,41H2,1-2H3,(H,64,72)(H,65,73)(H,66,68)(H,67,69). The quantitative estimate of drug-likeness (QED) is 0.0358. The number of amides is 4. The molecular formula is C59H76Cl4N8O4. The molecule has 2 saturated heterocycles. The highest BCUT2D eigenvalue weighted by atomic mass is 35.5. The molecule has 404 valence electrons. The molecule has 4 aromatic carbocycles. The minimum Gasteiger partial charge on any atom is -0.326 e. The van der Waals surface area contributed by atoms with E-state index in [2.05, 4.69) is 35.3 Å². The number of rotatable bonds is 32. The number of hydrogen-bond acceptors (Lipinski definition) is 6. The SMILES string of the molecule is CCCCCCCCCCCCCC(=O)Nc1ccc(N=C2NN(c3ccccc3Cl)C(=O)C2CC2C(=O)N(c3ccccc3Cl)NC2=Nc2ccc(NC(=O)CCCCCCCCCCCCC)cc2Cl)c(Cl)c1. The van der Waals surface area contributed by atoms with Crippen LogP contribution in [0.3, 0.4) is 0 Å². The van der Waals surface area contributed by atoms with Crippen molar-refractivity contribution in [2.45, 2.75) is 174 Å². The topological polar surface area (TPSA) is 148 Å². The van der Waals surface area contributed by atoms with Crippen LogP contribution in [0.15, 0.2) is 94.9 Å². The lowest BCUT2D eigenvalue weighted by Crippen LogP contribution is -2.36. The van der Waals surface area contributed by atoms with E-state index < -0.39 is 23.7 Å². The van der Waals surface area contributed by atoms with Crippen molar-refractivity contribution >= 4 is 116 Å². The number of nitrogens with zero attached hydrogens (tertiary/aromatic N) is 4. The number of carbonyl (C=O) groups is 4. The number of nitrogens with one attached hydrogen (secondary N) is 4. The second-order valence-electron chi connectivity index (χ2n) is 19.8. The molecule has 0 spiro atoms. The lowest BCUT2D eigenvalue weighted by molar-refractivity contribution is -0.122. The number of halogens is 4. The first kappa shape index (κ1) is 59.1. The van der Waals surface area contributed by atoms with Crippen LogP contribution in [0.25, 0.3) is 0 Å². The number of para-hydroxylation sites is 2. The summed E-state index contributed by atoms with van der Waals surface area (Å²) < 4.78 is 0. The molecule has 2 heterocycles. The van der Waals surface area contributed by atoms with Crippen LogP contribution in [0.4, 0.5) is 34.1 Å². The number of hydrogen-bond donors (Lipinski definition) is 4. The van der Waals surface area contributed by atoms with Gasteiger partial charge in [-0.05, 0) is 79.9 Å². The van der Waals surface area contributed by atoms with Crippen LogP contribution in [-0.4, -0.2) is 35.3 Å². The van der Waals surface area contributed by atoms with Crippen molar-refractivity contribution in [3.8, 4) is 0 Å². The Balaban J connectivity index is 1.14. The van der Waals surface area contributed by atoms with Crippen LogP contribution >= 0.6 is 46.4 Å². The number of aliphatic imine (C=N–C) groups is 2. The molecule has 16 heteroatoms. The van der Waals surface area contributed by atoms with E-state index in [4.69, 9.17) is 56.4 Å². The Hall–Kier alpha value is -5.14. The molecule has 75 heavy (non-hydrogen) atoms.